The summed E-state index contributed by atoms with van der Waals surface area (Å²) < 4.78 is 46.3. The molecule has 2 saturated heterocycles. The lowest BCUT2D eigenvalue weighted by Crippen LogP contribution is -2.56. The third-order valence-corrected chi connectivity index (χ3v) is 7.78. The Labute approximate surface area is 244 Å². The molecule has 3 unspecified atom stereocenters. The molecule has 220 valence electrons. The maximum absolute atomic E-state index is 16.4. The molecule has 11 nitrogen and oxygen atoms in total. The summed E-state index contributed by atoms with van der Waals surface area (Å²) in [6.07, 6.45) is 6.80. The first kappa shape index (κ1) is 27.9. The van der Waals surface area contributed by atoms with Gasteiger partial charge in [0, 0.05) is 37.2 Å². The number of ether oxygens (including phenoxy) is 3. The first-order chi connectivity index (χ1) is 20.7. The number of piperazine rings is 1. The number of nitrogens with zero attached hydrogens (tertiary/aromatic N) is 5. The van der Waals surface area contributed by atoms with Crippen LogP contribution in [-0.2, 0) is 14.3 Å². The number of amides is 1. The van der Waals surface area contributed by atoms with Gasteiger partial charge in [-0.05, 0) is 36.4 Å². The molecule has 6 rings (SSSR count). The fourth-order valence-electron chi connectivity index (χ4n) is 5.98. The first-order valence-electron chi connectivity index (χ1n) is 13.4. The van der Waals surface area contributed by atoms with E-state index >= 15 is 4.39 Å². The Kier molecular flexibility index (Phi) is 7.05. The number of hydrogen-bond acceptors (Lipinski definition) is 10. The third-order valence-electron chi connectivity index (χ3n) is 7.78. The lowest BCUT2D eigenvalue weighted by molar-refractivity contribution is -0.150. The Hall–Kier alpha value is -5.25. The SMILES string of the molecule is C#Cc1c(F)ccc2cc(O)cc(-c3ncc4c(N5CC6CCC(C5)N6C(=O)OC(C)OC=O)nc(OC)nc4c3F)c12. The van der Waals surface area contributed by atoms with E-state index in [4.69, 9.17) is 15.9 Å². The Morgan fingerprint density at radius 3 is 2.63 bits per heavy atom. The van der Waals surface area contributed by atoms with Crippen molar-refractivity contribution in [2.45, 2.75) is 38.1 Å². The predicted octanol–water partition coefficient (Wildman–Crippen LogP) is 4.13. The van der Waals surface area contributed by atoms with Crippen molar-refractivity contribution in [3.63, 3.8) is 0 Å². The number of anilines is 1. The highest BCUT2D eigenvalue weighted by atomic mass is 19.1. The van der Waals surface area contributed by atoms with Crippen LogP contribution in [0.1, 0.15) is 25.3 Å². The molecule has 0 saturated carbocycles. The number of hydrogen-bond donors (Lipinski definition) is 1. The van der Waals surface area contributed by atoms with E-state index in [2.05, 4.69) is 25.6 Å². The largest absolute Gasteiger partial charge is 0.508 e. The van der Waals surface area contributed by atoms with Gasteiger partial charge in [-0.15, -0.1) is 6.42 Å². The van der Waals surface area contributed by atoms with Gasteiger partial charge < -0.3 is 24.2 Å². The number of pyridine rings is 1. The topological polar surface area (TPSA) is 127 Å². The quantitative estimate of drug-likeness (QED) is 0.199. The van der Waals surface area contributed by atoms with Crippen molar-refractivity contribution in [1.29, 1.82) is 0 Å². The summed E-state index contributed by atoms with van der Waals surface area (Å²) in [6, 6.07) is 4.73. The van der Waals surface area contributed by atoms with Gasteiger partial charge in [0.1, 0.15) is 28.6 Å². The van der Waals surface area contributed by atoms with Crippen LogP contribution in [0.15, 0.2) is 30.5 Å². The van der Waals surface area contributed by atoms with E-state index in [1.54, 1.807) is 4.90 Å². The van der Waals surface area contributed by atoms with Crippen molar-refractivity contribution in [2.75, 3.05) is 25.1 Å². The van der Waals surface area contributed by atoms with Crippen molar-refractivity contribution < 1.29 is 37.7 Å². The minimum Gasteiger partial charge on any atom is -0.508 e. The molecule has 2 aromatic carbocycles. The average molecular weight is 590 g/mol. The minimum atomic E-state index is -1.03. The van der Waals surface area contributed by atoms with E-state index < -0.39 is 24.0 Å². The maximum Gasteiger partial charge on any atom is 0.413 e. The van der Waals surface area contributed by atoms with E-state index in [0.29, 0.717) is 42.5 Å². The molecule has 1 N–H and O–H groups in total. The van der Waals surface area contributed by atoms with E-state index in [9.17, 15) is 19.1 Å². The number of halogens is 2. The minimum absolute atomic E-state index is 0.0891. The zero-order valence-electron chi connectivity index (χ0n) is 23.1. The highest BCUT2D eigenvalue weighted by Crippen LogP contribution is 2.40. The van der Waals surface area contributed by atoms with Crippen LogP contribution < -0.4 is 9.64 Å². The molecule has 3 atom stereocenters. The fraction of sp³-hybridized carbons (Fsp3) is 0.300. The van der Waals surface area contributed by atoms with Crippen molar-refractivity contribution in [3.05, 3.63) is 47.7 Å². The molecule has 13 heteroatoms. The second-order valence-corrected chi connectivity index (χ2v) is 10.3. The zero-order chi connectivity index (χ0) is 30.4. The van der Waals surface area contributed by atoms with E-state index in [0.717, 1.165) is 0 Å². The van der Waals surface area contributed by atoms with Crippen LogP contribution in [-0.4, -0.2) is 76.1 Å². The summed E-state index contributed by atoms with van der Waals surface area (Å²) in [5.74, 6) is 0.988. The van der Waals surface area contributed by atoms with E-state index in [1.807, 2.05) is 4.90 Å². The number of aromatic hydroxyl groups is 1. The number of rotatable bonds is 6. The molecular weight excluding hydrogens is 564 g/mol. The lowest BCUT2D eigenvalue weighted by atomic mass is 9.96. The molecule has 2 fully saturated rings. The second-order valence-electron chi connectivity index (χ2n) is 10.3. The third kappa shape index (κ3) is 4.74. The molecule has 2 aromatic heterocycles. The summed E-state index contributed by atoms with van der Waals surface area (Å²) in [5.41, 5.74) is -0.287. The van der Waals surface area contributed by atoms with Gasteiger partial charge in [0.15, 0.2) is 5.82 Å². The highest BCUT2D eigenvalue weighted by Gasteiger charge is 2.44. The Balaban J connectivity index is 1.42. The fourth-order valence-corrected chi connectivity index (χ4v) is 5.98. The molecule has 0 spiro atoms. The molecule has 43 heavy (non-hydrogen) atoms. The second kappa shape index (κ2) is 10.9. The number of carbonyl (C=O) groups is 2. The van der Waals surface area contributed by atoms with E-state index in [1.165, 1.54) is 44.5 Å². The number of carbonyl (C=O) groups excluding carboxylic acids is 2. The van der Waals surface area contributed by atoms with Gasteiger partial charge in [-0.2, -0.15) is 9.97 Å². The van der Waals surface area contributed by atoms with Crippen molar-refractivity contribution in [3.8, 4) is 35.4 Å². The van der Waals surface area contributed by atoms with Crippen LogP contribution in [0.25, 0.3) is 32.9 Å². The standard InChI is InChI=1S/C30H25F2N5O6/c1-4-20-23(31)8-5-16-9-19(39)10-21(24(16)20)26-25(32)27-22(11-33-26)28(35-29(34-27)41-3)36-12-17-6-7-18(13-36)37(17)30(40)43-15(2)42-14-38/h1,5,8-11,14-15,17-18,39H,6-7,12-13H2,2-3H3. The van der Waals surface area contributed by atoms with Crippen LogP contribution in [0.2, 0.25) is 0 Å². The van der Waals surface area contributed by atoms with Crippen molar-refractivity contribution in [2.24, 2.45) is 0 Å². The predicted molar refractivity (Wildman–Crippen MR) is 150 cm³/mol. The van der Waals surface area contributed by atoms with Crippen LogP contribution >= 0.6 is 0 Å². The number of benzene rings is 2. The number of methoxy groups -OCH3 is 1. The molecule has 1 amide bonds. The van der Waals surface area contributed by atoms with Gasteiger partial charge in [0.25, 0.3) is 6.47 Å². The average Bonchev–Trinajstić information content (AvgIpc) is 3.26. The summed E-state index contributed by atoms with van der Waals surface area (Å²) in [6.45, 7) is 2.37. The molecule has 2 aliphatic heterocycles. The summed E-state index contributed by atoms with van der Waals surface area (Å²) in [4.78, 5) is 40.1. The Bertz CT molecular complexity index is 1820. The van der Waals surface area contributed by atoms with E-state index in [-0.39, 0.29) is 58.0 Å². The number of phenolic OH excluding ortho intramolecular Hbond substituents is 1. The Morgan fingerprint density at radius 1 is 1.21 bits per heavy atom. The molecule has 0 radical (unpaired) electrons. The van der Waals surface area contributed by atoms with Gasteiger partial charge >= 0.3 is 12.1 Å². The van der Waals surface area contributed by atoms with Gasteiger partial charge in [-0.1, -0.05) is 12.0 Å². The lowest BCUT2D eigenvalue weighted by Gasteiger charge is -2.41. The maximum atomic E-state index is 16.4. The van der Waals surface area contributed by atoms with Gasteiger partial charge in [-0.25, -0.2) is 13.6 Å². The molecule has 2 aliphatic rings. The number of terminal acetylenes is 1. The van der Waals surface area contributed by atoms with Gasteiger partial charge in [0.2, 0.25) is 6.29 Å². The summed E-state index contributed by atoms with van der Waals surface area (Å²) in [5, 5.41) is 11.3. The number of aromatic nitrogens is 3. The number of phenols is 1. The van der Waals surface area contributed by atoms with Gasteiger partial charge in [-0.3, -0.25) is 14.7 Å². The van der Waals surface area contributed by atoms with Crippen LogP contribution in [0.3, 0.4) is 0 Å². The normalized spacial score (nSPS) is 18.4. The highest BCUT2D eigenvalue weighted by molar-refractivity contribution is 6.03. The zero-order valence-corrected chi connectivity index (χ0v) is 23.1. The van der Waals surface area contributed by atoms with Crippen molar-refractivity contribution in [1.82, 2.24) is 19.9 Å². The molecular formula is C30H25F2N5O6. The molecule has 2 bridgehead atoms. The van der Waals surface area contributed by atoms with Crippen LogP contribution in [0.4, 0.5) is 19.4 Å². The smallest absolute Gasteiger partial charge is 0.413 e. The first-order valence-corrected chi connectivity index (χ1v) is 13.4. The van der Waals surface area contributed by atoms with Crippen molar-refractivity contribution >= 4 is 40.1 Å². The monoisotopic (exact) mass is 589 g/mol. The molecule has 4 aromatic rings. The summed E-state index contributed by atoms with van der Waals surface area (Å²) >= 11 is 0. The summed E-state index contributed by atoms with van der Waals surface area (Å²) in [7, 11) is 1.36. The number of fused-ring (bicyclic) bond motifs is 4. The van der Waals surface area contributed by atoms with Crippen LogP contribution in [0.5, 0.6) is 11.8 Å². The Morgan fingerprint density at radius 2 is 1.95 bits per heavy atom. The molecule has 4 heterocycles. The van der Waals surface area contributed by atoms with Crippen LogP contribution in [0, 0.1) is 24.0 Å². The molecule has 0 aliphatic carbocycles. The van der Waals surface area contributed by atoms with Gasteiger partial charge in [0.05, 0.1) is 30.1 Å².